The monoisotopic (exact) mass is 298 g/mol. The lowest BCUT2D eigenvalue weighted by molar-refractivity contribution is -0.150. The second-order valence-corrected chi connectivity index (χ2v) is 5.72. The summed E-state index contributed by atoms with van der Waals surface area (Å²) in [6.07, 6.45) is 1.40. The van der Waals surface area contributed by atoms with Crippen LogP contribution in [-0.4, -0.2) is 59.1 Å². The average molecular weight is 298 g/mol. The van der Waals surface area contributed by atoms with Crippen molar-refractivity contribution in [3.63, 3.8) is 0 Å². The van der Waals surface area contributed by atoms with Gasteiger partial charge in [-0.1, -0.05) is 20.3 Å². The molecule has 2 fully saturated rings. The normalized spacial score (nSPS) is 27.0. The Morgan fingerprint density at radius 3 is 2.62 bits per heavy atom. The Morgan fingerprint density at radius 2 is 2.10 bits per heavy atom. The van der Waals surface area contributed by atoms with Gasteiger partial charge < -0.3 is 20.1 Å². The molecule has 2 rings (SSSR count). The van der Waals surface area contributed by atoms with Gasteiger partial charge in [-0.15, -0.1) is 0 Å². The van der Waals surface area contributed by atoms with Crippen molar-refractivity contribution in [2.24, 2.45) is 5.92 Å². The number of ether oxygens (including phenoxy) is 1. The number of carboxylic acid groups (broad SMARTS) is 1. The number of hydrogen-bond acceptors (Lipinski definition) is 4. The molecule has 1 unspecified atom stereocenters. The lowest BCUT2D eigenvalue weighted by Crippen LogP contribution is -2.54. The van der Waals surface area contributed by atoms with Gasteiger partial charge in [0.15, 0.2) is 6.10 Å². The first kappa shape index (κ1) is 15.8. The first-order valence-corrected chi connectivity index (χ1v) is 7.41. The molecule has 0 aliphatic carbocycles. The minimum absolute atomic E-state index is 0.0600. The van der Waals surface area contributed by atoms with Crippen LogP contribution in [0, 0.1) is 5.92 Å². The zero-order valence-corrected chi connectivity index (χ0v) is 12.4. The zero-order chi connectivity index (χ0) is 15.6. The molecule has 2 saturated heterocycles. The molecule has 0 saturated carbocycles. The van der Waals surface area contributed by atoms with E-state index >= 15 is 0 Å². The molecule has 118 valence electrons. The minimum atomic E-state index is -0.986. The first-order chi connectivity index (χ1) is 9.95. The van der Waals surface area contributed by atoms with Gasteiger partial charge >= 0.3 is 5.97 Å². The van der Waals surface area contributed by atoms with Gasteiger partial charge in [-0.05, 0) is 18.8 Å². The molecule has 7 nitrogen and oxygen atoms in total. The molecule has 0 bridgehead atoms. The molecule has 4 atom stereocenters. The SMILES string of the molecule is CC[C@H](C)[C@H](NC(=O)C1CO1)C(=O)N1CCC[C@H]1C(=O)O. The standard InChI is InChI=1S/C14H22N2O5/c1-3-8(2)11(15-12(17)10-7-21-10)13(18)16-6-4-5-9(16)14(19)20/h8-11H,3-7H2,1-2H3,(H,15,17)(H,19,20)/t8-,9-,10?,11-/m0/s1. The third-order valence-corrected chi connectivity index (χ3v) is 4.22. The van der Waals surface area contributed by atoms with E-state index in [1.165, 1.54) is 4.90 Å². The van der Waals surface area contributed by atoms with E-state index in [9.17, 15) is 19.5 Å². The molecule has 7 heteroatoms. The summed E-state index contributed by atoms with van der Waals surface area (Å²) >= 11 is 0. The Morgan fingerprint density at radius 1 is 1.43 bits per heavy atom. The lowest BCUT2D eigenvalue weighted by Gasteiger charge is -2.30. The number of epoxide rings is 1. The van der Waals surface area contributed by atoms with Crippen molar-refractivity contribution in [2.75, 3.05) is 13.2 Å². The quantitative estimate of drug-likeness (QED) is 0.672. The number of aliphatic carboxylic acids is 1. The van der Waals surface area contributed by atoms with Crippen molar-refractivity contribution in [3.05, 3.63) is 0 Å². The molecule has 0 aromatic heterocycles. The summed E-state index contributed by atoms with van der Waals surface area (Å²) < 4.78 is 4.92. The summed E-state index contributed by atoms with van der Waals surface area (Å²) in [6, 6.07) is -1.47. The van der Waals surface area contributed by atoms with Crippen molar-refractivity contribution in [3.8, 4) is 0 Å². The minimum Gasteiger partial charge on any atom is -0.480 e. The van der Waals surface area contributed by atoms with Gasteiger partial charge in [0.25, 0.3) is 5.91 Å². The Kier molecular flexibility index (Phi) is 4.82. The fourth-order valence-corrected chi connectivity index (χ4v) is 2.59. The topological polar surface area (TPSA) is 99.2 Å². The summed E-state index contributed by atoms with van der Waals surface area (Å²) in [6.45, 7) is 4.62. The molecular weight excluding hydrogens is 276 g/mol. The first-order valence-electron chi connectivity index (χ1n) is 7.41. The van der Waals surface area contributed by atoms with Gasteiger partial charge in [-0.25, -0.2) is 4.79 Å². The molecule has 2 aliphatic heterocycles. The fraction of sp³-hybridized carbons (Fsp3) is 0.786. The second kappa shape index (κ2) is 6.43. The van der Waals surface area contributed by atoms with Crippen molar-refractivity contribution in [1.82, 2.24) is 10.2 Å². The van der Waals surface area contributed by atoms with Crippen LogP contribution >= 0.6 is 0 Å². The maximum atomic E-state index is 12.6. The highest BCUT2D eigenvalue weighted by Crippen LogP contribution is 2.22. The van der Waals surface area contributed by atoms with Crippen LogP contribution < -0.4 is 5.32 Å². The smallest absolute Gasteiger partial charge is 0.326 e. The van der Waals surface area contributed by atoms with Crippen LogP contribution in [0.15, 0.2) is 0 Å². The predicted octanol–water partition coefficient (Wildman–Crippen LogP) is -0.00830. The van der Waals surface area contributed by atoms with Crippen molar-refractivity contribution in [1.29, 1.82) is 0 Å². The van der Waals surface area contributed by atoms with E-state index in [1.807, 2.05) is 13.8 Å². The predicted molar refractivity (Wildman–Crippen MR) is 73.5 cm³/mol. The summed E-state index contributed by atoms with van der Waals surface area (Å²) in [4.78, 5) is 37.1. The zero-order valence-electron chi connectivity index (χ0n) is 12.4. The lowest BCUT2D eigenvalue weighted by atomic mass is 9.97. The van der Waals surface area contributed by atoms with Gasteiger partial charge in [0, 0.05) is 6.54 Å². The van der Waals surface area contributed by atoms with E-state index < -0.39 is 24.2 Å². The summed E-state index contributed by atoms with van der Waals surface area (Å²) in [7, 11) is 0. The van der Waals surface area contributed by atoms with Crippen molar-refractivity contribution < 1.29 is 24.2 Å². The summed E-state index contributed by atoms with van der Waals surface area (Å²) in [5.41, 5.74) is 0. The molecular formula is C14H22N2O5. The van der Waals surface area contributed by atoms with Crippen LogP contribution in [0.5, 0.6) is 0 Å². The number of likely N-dealkylation sites (tertiary alicyclic amines) is 1. The average Bonchev–Trinajstić information content (AvgIpc) is 3.19. The highest BCUT2D eigenvalue weighted by atomic mass is 16.6. The maximum Gasteiger partial charge on any atom is 0.326 e. The van der Waals surface area contributed by atoms with Crippen molar-refractivity contribution in [2.45, 2.75) is 51.3 Å². The molecule has 2 amide bonds. The highest BCUT2D eigenvalue weighted by Gasteiger charge is 2.41. The van der Waals surface area contributed by atoms with Crippen molar-refractivity contribution >= 4 is 17.8 Å². The van der Waals surface area contributed by atoms with E-state index in [4.69, 9.17) is 4.74 Å². The largest absolute Gasteiger partial charge is 0.480 e. The van der Waals surface area contributed by atoms with Crippen LogP contribution in [0.3, 0.4) is 0 Å². The Hall–Kier alpha value is -1.63. The van der Waals surface area contributed by atoms with Gasteiger partial charge in [-0.3, -0.25) is 9.59 Å². The Balaban J connectivity index is 2.09. The molecule has 21 heavy (non-hydrogen) atoms. The molecule has 0 aromatic rings. The third-order valence-electron chi connectivity index (χ3n) is 4.22. The third kappa shape index (κ3) is 3.53. The van der Waals surface area contributed by atoms with Gasteiger partial charge in [0.1, 0.15) is 12.1 Å². The number of carbonyl (C=O) groups excluding carboxylic acids is 2. The van der Waals surface area contributed by atoms with Gasteiger partial charge in [0.2, 0.25) is 5.91 Å². The number of nitrogens with zero attached hydrogens (tertiary/aromatic N) is 1. The number of amides is 2. The molecule has 2 heterocycles. The Bertz CT molecular complexity index is 435. The van der Waals surface area contributed by atoms with E-state index in [1.54, 1.807) is 0 Å². The van der Waals surface area contributed by atoms with Crippen LogP contribution in [0.2, 0.25) is 0 Å². The van der Waals surface area contributed by atoms with Gasteiger partial charge in [0.05, 0.1) is 6.61 Å². The number of nitrogens with one attached hydrogen (secondary N) is 1. The molecule has 0 radical (unpaired) electrons. The number of rotatable bonds is 6. The highest BCUT2D eigenvalue weighted by molar-refractivity contribution is 5.92. The van der Waals surface area contributed by atoms with Crippen LogP contribution in [0.25, 0.3) is 0 Å². The van der Waals surface area contributed by atoms with Gasteiger partial charge in [-0.2, -0.15) is 0 Å². The maximum absolute atomic E-state index is 12.6. The van der Waals surface area contributed by atoms with E-state index in [0.29, 0.717) is 32.4 Å². The molecule has 2 N–H and O–H groups in total. The molecule has 0 aromatic carbocycles. The number of carboxylic acids is 1. The van der Waals surface area contributed by atoms with E-state index in [-0.39, 0.29) is 17.7 Å². The summed E-state index contributed by atoms with van der Waals surface area (Å²) in [5, 5.41) is 11.9. The second-order valence-electron chi connectivity index (χ2n) is 5.72. The molecule has 0 spiro atoms. The van der Waals surface area contributed by atoms with E-state index in [0.717, 1.165) is 0 Å². The molecule has 2 aliphatic rings. The van der Waals surface area contributed by atoms with Crippen LogP contribution in [-0.2, 0) is 19.1 Å². The fourth-order valence-electron chi connectivity index (χ4n) is 2.59. The van der Waals surface area contributed by atoms with E-state index in [2.05, 4.69) is 5.32 Å². The number of hydrogen-bond donors (Lipinski definition) is 2. The number of carbonyl (C=O) groups is 3. The van der Waals surface area contributed by atoms with Crippen LogP contribution in [0.1, 0.15) is 33.1 Å². The van der Waals surface area contributed by atoms with Crippen LogP contribution in [0.4, 0.5) is 0 Å². The Labute approximate surface area is 123 Å². The summed E-state index contributed by atoms with van der Waals surface area (Å²) in [5.74, 6) is -1.64.